The minimum absolute atomic E-state index is 0.268. The van der Waals surface area contributed by atoms with E-state index >= 15 is 0 Å². The van der Waals surface area contributed by atoms with E-state index in [1.54, 1.807) is 4.68 Å². The van der Waals surface area contributed by atoms with Gasteiger partial charge in [-0.2, -0.15) is 5.10 Å². The number of rotatable bonds is 4. The van der Waals surface area contributed by atoms with Gasteiger partial charge in [-0.25, -0.2) is 4.79 Å². The van der Waals surface area contributed by atoms with Gasteiger partial charge in [-0.3, -0.25) is 9.48 Å². The number of aromatic nitrogens is 2. The highest BCUT2D eigenvalue weighted by Crippen LogP contribution is 2.34. The predicted octanol–water partition coefficient (Wildman–Crippen LogP) is 2.89. The quantitative estimate of drug-likeness (QED) is 0.900. The summed E-state index contributed by atoms with van der Waals surface area (Å²) < 4.78 is 1.79. The Hall–Kier alpha value is -1.89. The third-order valence-electron chi connectivity index (χ3n) is 4.53. The molecule has 2 N–H and O–H groups in total. The molecule has 0 atom stereocenters. The molecule has 124 valence electrons. The van der Waals surface area contributed by atoms with Gasteiger partial charge in [0.25, 0.3) is 5.91 Å². The molecule has 1 fully saturated rings. The second-order valence-electron chi connectivity index (χ2n) is 6.54. The normalized spacial score (nSPS) is 17.0. The van der Waals surface area contributed by atoms with Gasteiger partial charge < -0.3 is 10.4 Å². The molecule has 0 bridgehead atoms. The molecule has 7 heteroatoms. The van der Waals surface area contributed by atoms with Crippen molar-refractivity contribution in [3.8, 4) is 0 Å². The first kappa shape index (κ1) is 16.0. The molecule has 2 aromatic heterocycles. The third-order valence-corrected chi connectivity index (χ3v) is 5.73. The van der Waals surface area contributed by atoms with Gasteiger partial charge in [-0.1, -0.05) is 26.7 Å². The molecule has 23 heavy (non-hydrogen) atoms. The van der Waals surface area contributed by atoms with Crippen LogP contribution in [0, 0.1) is 0 Å². The maximum atomic E-state index is 12.6. The number of carboxylic acid groups (broad SMARTS) is 1. The number of carbonyl (C=O) groups is 2. The molecule has 1 aliphatic rings. The minimum atomic E-state index is -1.10. The van der Waals surface area contributed by atoms with Crippen LogP contribution in [0.25, 0.3) is 10.2 Å². The first-order valence-corrected chi connectivity index (χ1v) is 8.68. The van der Waals surface area contributed by atoms with Gasteiger partial charge in [0.2, 0.25) is 0 Å². The zero-order valence-electron chi connectivity index (χ0n) is 13.5. The van der Waals surface area contributed by atoms with Crippen molar-refractivity contribution < 1.29 is 14.7 Å². The molecule has 0 spiro atoms. The fourth-order valence-corrected chi connectivity index (χ4v) is 4.23. The van der Waals surface area contributed by atoms with Gasteiger partial charge in [-0.05, 0) is 24.8 Å². The molecule has 2 heterocycles. The lowest BCUT2D eigenvalue weighted by atomic mass is 9.98. The second kappa shape index (κ2) is 5.63. The number of carboxylic acids is 1. The van der Waals surface area contributed by atoms with Crippen LogP contribution in [0.5, 0.6) is 0 Å². The zero-order valence-corrected chi connectivity index (χ0v) is 14.4. The maximum absolute atomic E-state index is 12.6. The van der Waals surface area contributed by atoms with E-state index in [1.807, 2.05) is 13.1 Å². The number of hydrogen-bond acceptors (Lipinski definition) is 4. The molecule has 0 radical (unpaired) electrons. The largest absolute Gasteiger partial charge is 0.480 e. The zero-order chi connectivity index (χ0) is 16.8. The molecule has 0 aliphatic heterocycles. The van der Waals surface area contributed by atoms with Crippen LogP contribution in [-0.2, 0) is 11.8 Å². The Balaban J connectivity index is 1.92. The summed E-state index contributed by atoms with van der Waals surface area (Å²) in [5.41, 5.74) is -0.140. The average Bonchev–Trinajstić information content (AvgIpc) is 3.15. The number of hydrogen-bond donors (Lipinski definition) is 2. The van der Waals surface area contributed by atoms with Crippen molar-refractivity contribution >= 4 is 33.4 Å². The van der Waals surface area contributed by atoms with Gasteiger partial charge in [0, 0.05) is 12.4 Å². The highest BCUT2D eigenvalue weighted by atomic mass is 32.1. The van der Waals surface area contributed by atoms with E-state index in [0.717, 1.165) is 28.8 Å². The van der Waals surface area contributed by atoms with Crippen molar-refractivity contribution in [3.05, 3.63) is 16.6 Å². The van der Waals surface area contributed by atoms with Crippen LogP contribution < -0.4 is 5.32 Å². The summed E-state index contributed by atoms with van der Waals surface area (Å²) in [6, 6.07) is 1.84. The summed E-state index contributed by atoms with van der Waals surface area (Å²) in [7, 11) is 1.86. The van der Waals surface area contributed by atoms with E-state index in [9.17, 15) is 14.7 Å². The van der Waals surface area contributed by atoms with Crippen LogP contribution in [0.1, 0.15) is 60.8 Å². The molecule has 3 rings (SSSR count). The van der Waals surface area contributed by atoms with Crippen molar-refractivity contribution in [2.45, 2.75) is 51.0 Å². The number of carbonyl (C=O) groups excluding carboxylic acids is 1. The Morgan fingerprint density at radius 2 is 2.04 bits per heavy atom. The number of nitrogens with one attached hydrogen (secondary N) is 1. The summed E-state index contributed by atoms with van der Waals surface area (Å²) in [5.74, 6) is -0.969. The van der Waals surface area contributed by atoms with E-state index < -0.39 is 11.5 Å². The number of amides is 1. The number of aliphatic carboxylic acids is 1. The van der Waals surface area contributed by atoms with Crippen LogP contribution >= 0.6 is 11.3 Å². The lowest BCUT2D eigenvalue weighted by Crippen LogP contribution is -2.52. The first-order chi connectivity index (χ1) is 10.8. The Morgan fingerprint density at radius 1 is 1.39 bits per heavy atom. The van der Waals surface area contributed by atoms with Crippen molar-refractivity contribution in [2.24, 2.45) is 7.05 Å². The van der Waals surface area contributed by atoms with Crippen LogP contribution in [0.2, 0.25) is 0 Å². The Morgan fingerprint density at radius 3 is 2.61 bits per heavy atom. The molecule has 0 saturated heterocycles. The fourth-order valence-electron chi connectivity index (χ4n) is 3.25. The van der Waals surface area contributed by atoms with Crippen molar-refractivity contribution in [1.29, 1.82) is 0 Å². The molecular formula is C16H21N3O3S. The highest BCUT2D eigenvalue weighted by molar-refractivity contribution is 7.20. The average molecular weight is 335 g/mol. The van der Waals surface area contributed by atoms with Gasteiger partial charge in [-0.15, -0.1) is 11.3 Å². The molecule has 2 aromatic rings. The third kappa shape index (κ3) is 2.63. The number of thiophene rings is 1. The Bertz CT molecular complexity index is 769. The van der Waals surface area contributed by atoms with E-state index in [-0.39, 0.29) is 11.8 Å². The molecule has 0 aromatic carbocycles. The summed E-state index contributed by atoms with van der Waals surface area (Å²) in [5, 5.41) is 17.7. The Labute approximate surface area is 138 Å². The summed E-state index contributed by atoms with van der Waals surface area (Å²) in [6.45, 7) is 4.13. The summed E-state index contributed by atoms with van der Waals surface area (Å²) in [4.78, 5) is 25.6. The van der Waals surface area contributed by atoms with Crippen molar-refractivity contribution in [1.82, 2.24) is 15.1 Å². The van der Waals surface area contributed by atoms with E-state index in [1.165, 1.54) is 11.3 Å². The molecule has 6 nitrogen and oxygen atoms in total. The topological polar surface area (TPSA) is 84.2 Å². The predicted molar refractivity (Wildman–Crippen MR) is 89.0 cm³/mol. The standard InChI is InChI=1S/C16H21N3O3S/c1-9(2)12-10-8-11(23-14(10)19(3)18-12)13(20)17-16(15(21)22)6-4-5-7-16/h8-9H,4-7H2,1-3H3,(H,17,20)(H,21,22). The van der Waals surface area contributed by atoms with Gasteiger partial charge in [0.15, 0.2) is 0 Å². The maximum Gasteiger partial charge on any atom is 0.329 e. The minimum Gasteiger partial charge on any atom is -0.480 e. The van der Waals surface area contributed by atoms with Gasteiger partial charge in [0.1, 0.15) is 10.4 Å². The van der Waals surface area contributed by atoms with Crippen molar-refractivity contribution in [3.63, 3.8) is 0 Å². The van der Waals surface area contributed by atoms with E-state index in [4.69, 9.17) is 0 Å². The van der Waals surface area contributed by atoms with Gasteiger partial charge in [0.05, 0.1) is 10.6 Å². The molecule has 1 aliphatic carbocycles. The van der Waals surface area contributed by atoms with Gasteiger partial charge >= 0.3 is 5.97 Å². The number of fused-ring (bicyclic) bond motifs is 1. The fraction of sp³-hybridized carbons (Fsp3) is 0.562. The van der Waals surface area contributed by atoms with Crippen LogP contribution in [0.15, 0.2) is 6.07 Å². The van der Waals surface area contributed by atoms with Crippen LogP contribution in [-0.4, -0.2) is 32.3 Å². The second-order valence-corrected chi connectivity index (χ2v) is 7.57. The van der Waals surface area contributed by atoms with E-state index in [0.29, 0.717) is 17.7 Å². The summed E-state index contributed by atoms with van der Waals surface area (Å²) in [6.07, 6.45) is 2.66. The molecular weight excluding hydrogens is 314 g/mol. The highest BCUT2D eigenvalue weighted by Gasteiger charge is 2.43. The summed E-state index contributed by atoms with van der Waals surface area (Å²) >= 11 is 1.36. The monoisotopic (exact) mass is 335 g/mol. The number of aryl methyl sites for hydroxylation is 1. The first-order valence-electron chi connectivity index (χ1n) is 7.86. The van der Waals surface area contributed by atoms with Crippen LogP contribution in [0.3, 0.4) is 0 Å². The lowest BCUT2D eigenvalue weighted by molar-refractivity contribution is -0.144. The molecule has 1 saturated carbocycles. The van der Waals surface area contributed by atoms with E-state index in [2.05, 4.69) is 24.3 Å². The smallest absolute Gasteiger partial charge is 0.329 e. The molecule has 0 unspecified atom stereocenters. The van der Waals surface area contributed by atoms with Crippen molar-refractivity contribution in [2.75, 3.05) is 0 Å². The van der Waals surface area contributed by atoms with Crippen LogP contribution in [0.4, 0.5) is 0 Å². The number of nitrogens with zero attached hydrogens (tertiary/aromatic N) is 2. The lowest BCUT2D eigenvalue weighted by Gasteiger charge is -2.24. The SMILES string of the molecule is CC(C)c1nn(C)c2sc(C(=O)NC3(C(=O)O)CCCC3)cc12. The molecule has 1 amide bonds. The Kier molecular flexibility index (Phi) is 3.91.